The molecule has 2 N–H and O–H groups in total. The third-order valence-corrected chi connectivity index (χ3v) is 6.59. The van der Waals surface area contributed by atoms with Crippen LogP contribution in [0.2, 0.25) is 0 Å². The number of thiazole rings is 1. The number of nitrogens with one attached hydrogen (secondary N) is 2. The van der Waals surface area contributed by atoms with Gasteiger partial charge >= 0.3 is 5.97 Å². The van der Waals surface area contributed by atoms with Gasteiger partial charge in [0.25, 0.3) is 0 Å². The van der Waals surface area contributed by atoms with Crippen molar-refractivity contribution in [1.82, 2.24) is 9.71 Å². The highest BCUT2D eigenvalue weighted by Gasteiger charge is 2.16. The highest BCUT2D eigenvalue weighted by Crippen LogP contribution is 2.26. The lowest BCUT2D eigenvalue weighted by Crippen LogP contribution is -2.30. The molecule has 0 radical (unpaired) electrons. The molecule has 3 aromatic rings. The van der Waals surface area contributed by atoms with E-state index in [1.54, 1.807) is 5.38 Å². The Kier molecular flexibility index (Phi) is 8.15. The first-order valence-corrected chi connectivity index (χ1v) is 12.3. The van der Waals surface area contributed by atoms with Gasteiger partial charge in [0.1, 0.15) is 23.9 Å². The summed E-state index contributed by atoms with van der Waals surface area (Å²) >= 11 is 1.41. The number of nitrogens with zero attached hydrogens (tertiary/aromatic N) is 1. The molecule has 174 valence electrons. The van der Waals surface area contributed by atoms with Crippen molar-refractivity contribution in [3.05, 3.63) is 59.6 Å². The van der Waals surface area contributed by atoms with E-state index in [4.69, 9.17) is 9.47 Å². The largest absolute Gasteiger partial charge is 0.494 e. The zero-order valence-electron chi connectivity index (χ0n) is 18.0. The Balaban J connectivity index is 1.49. The summed E-state index contributed by atoms with van der Waals surface area (Å²) < 4.78 is 37.4. The second kappa shape index (κ2) is 11.0. The molecule has 0 fully saturated rings. The van der Waals surface area contributed by atoms with Crippen LogP contribution >= 0.6 is 11.3 Å². The lowest BCUT2D eigenvalue weighted by atomic mass is 10.2. The fraction of sp³-hybridized carbons (Fsp3) is 0.227. The molecule has 0 aliphatic rings. The molecule has 1 aromatic heterocycles. The minimum absolute atomic E-state index is 0.0381. The zero-order valence-corrected chi connectivity index (χ0v) is 19.7. The van der Waals surface area contributed by atoms with E-state index in [2.05, 4.69) is 15.0 Å². The highest BCUT2D eigenvalue weighted by molar-refractivity contribution is 7.89. The molecule has 1 heterocycles. The summed E-state index contributed by atoms with van der Waals surface area (Å²) in [6, 6.07) is 13.1. The fourth-order valence-electron chi connectivity index (χ4n) is 2.73. The van der Waals surface area contributed by atoms with Crippen LogP contribution in [0.3, 0.4) is 0 Å². The van der Waals surface area contributed by atoms with Gasteiger partial charge in [0.05, 0.1) is 17.2 Å². The van der Waals surface area contributed by atoms with Gasteiger partial charge in [-0.15, -0.1) is 11.3 Å². The van der Waals surface area contributed by atoms with Crippen molar-refractivity contribution in [3.8, 4) is 16.3 Å². The lowest BCUT2D eigenvalue weighted by Gasteiger charge is -2.08. The van der Waals surface area contributed by atoms with E-state index < -0.39 is 22.5 Å². The fourth-order valence-corrected chi connectivity index (χ4v) is 4.51. The quantitative estimate of drug-likeness (QED) is 0.419. The third kappa shape index (κ3) is 7.11. The summed E-state index contributed by atoms with van der Waals surface area (Å²) in [5.41, 5.74) is 1.95. The van der Waals surface area contributed by atoms with Crippen LogP contribution in [-0.2, 0) is 31.0 Å². The van der Waals surface area contributed by atoms with Crippen LogP contribution in [-0.4, -0.2) is 38.4 Å². The number of rotatable bonds is 10. The summed E-state index contributed by atoms with van der Waals surface area (Å²) in [7, 11) is -3.91. The lowest BCUT2D eigenvalue weighted by molar-refractivity contribution is -0.143. The average molecular weight is 490 g/mol. The molecule has 11 heteroatoms. The molecule has 9 nitrogen and oxygen atoms in total. The van der Waals surface area contributed by atoms with Gasteiger partial charge < -0.3 is 14.8 Å². The van der Waals surface area contributed by atoms with Crippen molar-refractivity contribution < 1.29 is 27.5 Å². The van der Waals surface area contributed by atoms with Crippen LogP contribution in [0.5, 0.6) is 5.75 Å². The molecule has 1 amide bonds. The molecule has 33 heavy (non-hydrogen) atoms. The Hall–Kier alpha value is -3.28. The van der Waals surface area contributed by atoms with E-state index in [0.717, 1.165) is 16.3 Å². The van der Waals surface area contributed by atoms with Gasteiger partial charge in [0.15, 0.2) is 0 Å². The first-order chi connectivity index (χ1) is 15.8. The number of benzene rings is 2. The van der Waals surface area contributed by atoms with Crippen molar-refractivity contribution in [2.75, 3.05) is 18.5 Å². The molecule has 2 aromatic carbocycles. The Bertz CT molecular complexity index is 1210. The number of sulfonamides is 1. The van der Waals surface area contributed by atoms with Gasteiger partial charge in [-0.25, -0.2) is 13.4 Å². The van der Waals surface area contributed by atoms with Crippen LogP contribution in [0.1, 0.15) is 19.5 Å². The molecule has 3 rings (SSSR count). The van der Waals surface area contributed by atoms with E-state index in [1.807, 2.05) is 31.2 Å². The number of hydrogen-bond donors (Lipinski definition) is 2. The summed E-state index contributed by atoms with van der Waals surface area (Å²) in [4.78, 5) is 27.5. The molecule has 0 aliphatic heterocycles. The van der Waals surface area contributed by atoms with Crippen LogP contribution in [0.25, 0.3) is 10.6 Å². The number of hydrogen-bond acceptors (Lipinski definition) is 8. The van der Waals surface area contributed by atoms with Crippen molar-refractivity contribution in [3.63, 3.8) is 0 Å². The first-order valence-electron chi connectivity index (χ1n) is 9.97. The van der Waals surface area contributed by atoms with Gasteiger partial charge in [0.2, 0.25) is 15.9 Å². The normalized spacial score (nSPS) is 11.1. The number of carbonyl (C=O) groups is 2. The number of aromatic nitrogens is 1. The maximum Gasteiger partial charge on any atom is 0.321 e. The molecule has 0 atom stereocenters. The van der Waals surface area contributed by atoms with E-state index in [9.17, 15) is 18.0 Å². The standard InChI is InChI=1S/C22H23N3O6S2/c1-3-30-19-8-4-16(5-9-19)22-25-18(14-32-22)13-31-21(27)12-23-33(28,29)20-10-6-17(7-11-20)24-15(2)26/h4-11,14,23H,3,12-13H2,1-2H3,(H,24,26). The number of amides is 1. The third-order valence-electron chi connectivity index (χ3n) is 4.24. The molecular formula is C22H23N3O6S2. The van der Waals surface area contributed by atoms with Crippen LogP contribution in [0, 0.1) is 0 Å². The Morgan fingerprint density at radius 1 is 1.06 bits per heavy atom. The number of carbonyl (C=O) groups excluding carboxylic acids is 2. The van der Waals surface area contributed by atoms with Crippen molar-refractivity contribution in [2.24, 2.45) is 0 Å². The Morgan fingerprint density at radius 2 is 1.76 bits per heavy atom. The molecule has 0 saturated carbocycles. The molecule has 0 aliphatic carbocycles. The highest BCUT2D eigenvalue weighted by atomic mass is 32.2. The zero-order chi connectivity index (χ0) is 23.8. The van der Waals surface area contributed by atoms with E-state index in [0.29, 0.717) is 18.0 Å². The van der Waals surface area contributed by atoms with Gasteiger partial charge in [-0.3, -0.25) is 9.59 Å². The van der Waals surface area contributed by atoms with Crippen LogP contribution < -0.4 is 14.8 Å². The first kappa shape index (κ1) is 24.4. The molecule has 0 unspecified atom stereocenters. The van der Waals surface area contributed by atoms with Gasteiger partial charge in [-0.2, -0.15) is 4.72 Å². The van der Waals surface area contributed by atoms with E-state index in [-0.39, 0.29) is 17.4 Å². The van der Waals surface area contributed by atoms with Crippen LogP contribution in [0.4, 0.5) is 5.69 Å². The summed E-state index contributed by atoms with van der Waals surface area (Å²) in [5, 5.41) is 5.10. The van der Waals surface area contributed by atoms with E-state index >= 15 is 0 Å². The predicted molar refractivity (Wildman–Crippen MR) is 124 cm³/mol. The van der Waals surface area contributed by atoms with Gasteiger partial charge in [0, 0.05) is 23.6 Å². The SMILES string of the molecule is CCOc1ccc(-c2nc(COC(=O)CNS(=O)(=O)c3ccc(NC(C)=O)cc3)cs2)cc1. The van der Waals surface area contributed by atoms with Gasteiger partial charge in [-0.1, -0.05) is 0 Å². The topological polar surface area (TPSA) is 124 Å². The Morgan fingerprint density at radius 3 is 2.39 bits per heavy atom. The monoisotopic (exact) mass is 489 g/mol. The van der Waals surface area contributed by atoms with Crippen molar-refractivity contribution >= 4 is 38.9 Å². The number of ether oxygens (including phenoxy) is 2. The van der Waals surface area contributed by atoms with Crippen LogP contribution in [0.15, 0.2) is 58.8 Å². The summed E-state index contributed by atoms with van der Waals surface area (Å²) in [5.74, 6) is -0.222. The minimum atomic E-state index is -3.91. The molecule has 0 bridgehead atoms. The minimum Gasteiger partial charge on any atom is -0.494 e. The smallest absolute Gasteiger partial charge is 0.321 e. The molecule has 0 spiro atoms. The second-order valence-electron chi connectivity index (χ2n) is 6.79. The second-order valence-corrected chi connectivity index (χ2v) is 9.42. The molecule has 0 saturated heterocycles. The Labute approximate surface area is 195 Å². The van der Waals surface area contributed by atoms with E-state index in [1.165, 1.54) is 42.5 Å². The van der Waals surface area contributed by atoms with Crippen molar-refractivity contribution in [2.45, 2.75) is 25.3 Å². The average Bonchev–Trinajstić information content (AvgIpc) is 3.26. The predicted octanol–water partition coefficient (Wildman–Crippen LogP) is 3.19. The van der Waals surface area contributed by atoms with Crippen molar-refractivity contribution in [1.29, 1.82) is 0 Å². The number of anilines is 1. The van der Waals surface area contributed by atoms with Gasteiger partial charge in [-0.05, 0) is 55.5 Å². The molecular weight excluding hydrogens is 466 g/mol. The summed E-state index contributed by atoms with van der Waals surface area (Å²) in [6.45, 7) is 3.27. The maximum atomic E-state index is 12.3. The number of esters is 1. The maximum absolute atomic E-state index is 12.3. The summed E-state index contributed by atoms with van der Waals surface area (Å²) in [6.07, 6.45) is 0.